The third kappa shape index (κ3) is 8.21. The number of nitrogens with one attached hydrogen (secondary N) is 2. The minimum atomic E-state index is -4.53. The number of alkyl halides is 3. The van der Waals surface area contributed by atoms with E-state index < -0.39 is 40.3 Å². The zero-order valence-electron chi connectivity index (χ0n) is 20.6. The van der Waals surface area contributed by atoms with Crippen molar-refractivity contribution in [1.82, 2.24) is 19.3 Å². The monoisotopic (exact) mass is 586 g/mol. The Kier molecular flexibility index (Phi) is 9.99. The molecule has 3 aromatic rings. The van der Waals surface area contributed by atoms with Gasteiger partial charge in [0.05, 0.1) is 17.7 Å². The summed E-state index contributed by atoms with van der Waals surface area (Å²) in [6.45, 7) is -2.20. The summed E-state index contributed by atoms with van der Waals surface area (Å²) in [5.74, 6) is -0.593. The van der Waals surface area contributed by atoms with Gasteiger partial charge in [0.1, 0.15) is 23.9 Å². The molecule has 0 spiro atoms. The molecule has 210 valence electrons. The Labute approximate surface area is 228 Å². The molecule has 2 N–H and O–H groups in total. The number of hydrogen-bond donors (Lipinski definition) is 3. The zero-order chi connectivity index (χ0) is 28.6. The number of ether oxygens (including phenoxy) is 2. The lowest BCUT2D eigenvalue weighted by atomic mass is 10.1. The molecule has 0 unspecified atom stereocenters. The van der Waals surface area contributed by atoms with Gasteiger partial charge in [0.15, 0.2) is 0 Å². The number of fused-ring (bicyclic) bond motifs is 1. The second kappa shape index (κ2) is 13.0. The minimum Gasteiger partial charge on any atom is -0.490 e. The quantitative estimate of drug-likeness (QED) is 0.232. The highest BCUT2D eigenvalue weighted by atomic mass is 32.3. The molecule has 15 heteroatoms. The Morgan fingerprint density at radius 2 is 1.85 bits per heavy atom. The minimum absolute atomic E-state index is 0.136. The van der Waals surface area contributed by atoms with E-state index in [4.69, 9.17) is 4.74 Å². The number of halogens is 3. The molecule has 0 saturated carbocycles. The van der Waals surface area contributed by atoms with Crippen molar-refractivity contribution in [2.45, 2.75) is 17.5 Å². The number of rotatable bonds is 11. The summed E-state index contributed by atoms with van der Waals surface area (Å²) in [5, 5.41) is 5.67. The number of pyridine rings is 1. The number of urea groups is 1. The van der Waals surface area contributed by atoms with E-state index >= 15 is 0 Å². The summed E-state index contributed by atoms with van der Waals surface area (Å²) in [7, 11) is -3.32. The van der Waals surface area contributed by atoms with Crippen molar-refractivity contribution in [3.05, 3.63) is 65.9 Å². The summed E-state index contributed by atoms with van der Waals surface area (Å²) in [6, 6.07) is 12.0. The van der Waals surface area contributed by atoms with Crippen molar-refractivity contribution in [1.29, 1.82) is 0 Å². The van der Waals surface area contributed by atoms with Gasteiger partial charge in [0.25, 0.3) is 15.9 Å². The van der Waals surface area contributed by atoms with Crippen LogP contribution in [-0.2, 0) is 21.2 Å². The van der Waals surface area contributed by atoms with E-state index in [9.17, 15) is 31.2 Å². The molecule has 0 bridgehead atoms. The van der Waals surface area contributed by atoms with Gasteiger partial charge in [-0.1, -0.05) is 24.3 Å². The van der Waals surface area contributed by atoms with E-state index in [1.54, 1.807) is 6.07 Å². The predicted molar refractivity (Wildman–Crippen MR) is 139 cm³/mol. The Morgan fingerprint density at radius 3 is 2.56 bits per heavy atom. The van der Waals surface area contributed by atoms with Crippen molar-refractivity contribution in [2.24, 2.45) is 0 Å². The molecule has 2 aromatic carbocycles. The first-order valence-electron chi connectivity index (χ1n) is 11.4. The molecule has 0 aliphatic heterocycles. The third-order valence-corrected chi connectivity index (χ3v) is 7.53. The molecular formula is C24H25F3N4O6S2. The van der Waals surface area contributed by atoms with Crippen molar-refractivity contribution in [2.75, 3.05) is 33.4 Å². The summed E-state index contributed by atoms with van der Waals surface area (Å²) in [6.07, 6.45) is -2.86. The van der Waals surface area contributed by atoms with Crippen molar-refractivity contribution < 1.29 is 40.7 Å². The van der Waals surface area contributed by atoms with Gasteiger partial charge >= 0.3 is 12.2 Å². The smallest absolute Gasteiger partial charge is 0.411 e. The lowest BCUT2D eigenvalue weighted by molar-refractivity contribution is -0.175. The number of sulfonamides is 1. The Morgan fingerprint density at radius 1 is 1.10 bits per heavy atom. The first kappa shape index (κ1) is 30.0. The largest absolute Gasteiger partial charge is 0.490 e. The van der Waals surface area contributed by atoms with Gasteiger partial charge in [-0.15, -0.1) is 0 Å². The zero-order valence-corrected chi connectivity index (χ0v) is 22.3. The van der Waals surface area contributed by atoms with E-state index in [1.807, 2.05) is 24.3 Å². The Balaban J connectivity index is 1.72. The molecule has 0 saturated heterocycles. The summed E-state index contributed by atoms with van der Waals surface area (Å²) < 4.78 is 72.9. The lowest BCUT2D eigenvalue weighted by Gasteiger charge is -2.19. The topological polar surface area (TPSA) is 127 Å². The van der Waals surface area contributed by atoms with Gasteiger partial charge in [-0.3, -0.25) is 9.78 Å². The highest BCUT2D eigenvalue weighted by molar-refractivity contribution is 8.00. The van der Waals surface area contributed by atoms with Crippen LogP contribution in [0.25, 0.3) is 10.9 Å². The fraction of sp³-hybridized carbons (Fsp3) is 0.292. The molecule has 0 aliphatic rings. The average molecular weight is 587 g/mol. The number of carbonyl (C=O) groups excluding carboxylic acids is 2. The molecule has 0 radical (unpaired) electrons. The average Bonchev–Trinajstić information content (AvgIpc) is 2.91. The number of thiol groups is 1. The van der Waals surface area contributed by atoms with E-state index in [1.165, 1.54) is 31.4 Å². The van der Waals surface area contributed by atoms with Gasteiger partial charge in [0, 0.05) is 25.2 Å². The van der Waals surface area contributed by atoms with Crippen LogP contribution in [0.5, 0.6) is 5.75 Å². The van der Waals surface area contributed by atoms with Gasteiger partial charge < -0.3 is 20.1 Å². The number of benzene rings is 2. The molecular weight excluding hydrogens is 561 g/mol. The molecule has 0 atom stereocenters. The maximum Gasteiger partial charge on any atom is 0.411 e. The SMILES string of the molecule is CNC(=O)N(S)S(=O)(=O)c1cc(CCNC(=O)c2cnc3ccccc3c2)ccc1OCCOCC(F)(F)F. The summed E-state index contributed by atoms with van der Waals surface area (Å²) in [5.41, 5.74) is 1.56. The molecule has 3 rings (SSSR count). The number of hydrogen-bond acceptors (Lipinski definition) is 8. The number of amides is 3. The molecule has 3 amide bonds. The number of aromatic nitrogens is 1. The second-order valence-corrected chi connectivity index (χ2v) is 10.4. The van der Waals surface area contributed by atoms with Crippen LogP contribution in [0.15, 0.2) is 59.6 Å². The highest BCUT2D eigenvalue weighted by Gasteiger charge is 2.30. The Hall–Kier alpha value is -3.56. The predicted octanol–water partition coefficient (Wildman–Crippen LogP) is 3.34. The second-order valence-electron chi connectivity index (χ2n) is 8.02. The molecule has 1 aromatic heterocycles. The van der Waals surface area contributed by atoms with Crippen LogP contribution in [0, 0.1) is 0 Å². The van der Waals surface area contributed by atoms with E-state index in [0.717, 1.165) is 10.9 Å². The lowest BCUT2D eigenvalue weighted by Crippen LogP contribution is -2.36. The number of carbonyl (C=O) groups is 2. The molecule has 39 heavy (non-hydrogen) atoms. The highest BCUT2D eigenvalue weighted by Crippen LogP contribution is 2.29. The van der Waals surface area contributed by atoms with Crippen LogP contribution in [0.1, 0.15) is 15.9 Å². The molecule has 10 nitrogen and oxygen atoms in total. The van der Waals surface area contributed by atoms with Crippen molar-refractivity contribution >= 4 is 45.7 Å². The Bertz CT molecular complexity index is 1440. The first-order valence-corrected chi connectivity index (χ1v) is 13.3. The maximum absolute atomic E-state index is 13.1. The van der Waals surface area contributed by atoms with E-state index in [-0.39, 0.29) is 34.9 Å². The van der Waals surface area contributed by atoms with Crippen molar-refractivity contribution in [3.8, 4) is 5.75 Å². The van der Waals surface area contributed by atoms with Gasteiger partial charge in [-0.05, 0) is 49.1 Å². The maximum atomic E-state index is 13.1. The molecule has 0 aliphatic carbocycles. The van der Waals surface area contributed by atoms with Crippen LogP contribution in [-0.4, -0.2) is 68.6 Å². The summed E-state index contributed by atoms with van der Waals surface area (Å²) >= 11 is 3.76. The van der Waals surface area contributed by atoms with Gasteiger partial charge in [-0.25, -0.2) is 4.79 Å². The van der Waals surface area contributed by atoms with Crippen molar-refractivity contribution in [3.63, 3.8) is 0 Å². The van der Waals surface area contributed by atoms with E-state index in [2.05, 4.69) is 33.2 Å². The normalized spacial score (nSPS) is 11.7. The summed E-state index contributed by atoms with van der Waals surface area (Å²) in [4.78, 5) is 28.3. The first-order chi connectivity index (χ1) is 18.4. The van der Waals surface area contributed by atoms with E-state index in [0.29, 0.717) is 11.1 Å². The van der Waals surface area contributed by atoms with Crippen LogP contribution in [0.2, 0.25) is 0 Å². The van der Waals surface area contributed by atoms with Gasteiger partial charge in [0.2, 0.25) is 0 Å². The van der Waals surface area contributed by atoms with Crippen LogP contribution < -0.4 is 15.4 Å². The third-order valence-electron chi connectivity index (χ3n) is 5.20. The number of nitrogens with zero attached hydrogens (tertiary/aromatic N) is 2. The van der Waals surface area contributed by atoms with Crippen LogP contribution in [0.3, 0.4) is 0 Å². The molecule has 0 fully saturated rings. The number of para-hydroxylation sites is 1. The fourth-order valence-corrected chi connectivity index (χ4v) is 4.88. The fourth-order valence-electron chi connectivity index (χ4n) is 3.34. The molecule has 1 heterocycles. The standard InChI is InChI=1S/C24H25F3N4O6S2/c1-28-23(33)31(38)39(34,35)21-12-16(6-7-20(21)37-11-10-36-15-24(25,26)27)8-9-29-22(32)18-13-17-4-2-3-5-19(17)30-14-18/h2-7,12-14,38H,8-11,15H2,1H3,(H,28,33)(H,29,32). The van der Waals surface area contributed by atoms with Crippen LogP contribution in [0.4, 0.5) is 18.0 Å². The van der Waals surface area contributed by atoms with Crippen LogP contribution >= 0.6 is 12.8 Å². The van der Waals surface area contributed by atoms with Gasteiger partial charge in [-0.2, -0.15) is 25.3 Å².